The van der Waals surface area contributed by atoms with Crippen molar-refractivity contribution in [3.05, 3.63) is 41.3 Å². The highest BCUT2D eigenvalue weighted by molar-refractivity contribution is 6.06. The zero-order chi connectivity index (χ0) is 17.6. The number of aromatic nitrogens is 1. The van der Waals surface area contributed by atoms with Crippen LogP contribution in [0.3, 0.4) is 0 Å². The molecule has 2 fully saturated rings. The molecule has 4 nitrogen and oxygen atoms in total. The average Bonchev–Trinajstić information content (AvgIpc) is 3.45. The maximum absolute atomic E-state index is 13.8. The summed E-state index contributed by atoms with van der Waals surface area (Å²) < 4.78 is 13.8. The lowest BCUT2D eigenvalue weighted by Crippen LogP contribution is -2.51. The summed E-state index contributed by atoms with van der Waals surface area (Å²) in [6, 6.07) is 6.36. The number of hydrogen-bond acceptors (Lipinski definition) is 3. The number of hydrogen-bond donors (Lipinski definition) is 1. The minimum absolute atomic E-state index is 0. The number of benzene rings is 1. The highest BCUT2D eigenvalue weighted by Gasteiger charge is 2.32. The van der Waals surface area contributed by atoms with Gasteiger partial charge in [-0.3, -0.25) is 9.78 Å². The van der Waals surface area contributed by atoms with Crippen molar-refractivity contribution < 1.29 is 9.18 Å². The summed E-state index contributed by atoms with van der Waals surface area (Å²) in [5.41, 5.74) is 8.35. The van der Waals surface area contributed by atoms with Crippen LogP contribution in [0.25, 0.3) is 10.9 Å². The number of fused-ring (bicyclic) bond motifs is 1. The van der Waals surface area contributed by atoms with Gasteiger partial charge in [-0.2, -0.15) is 0 Å². The first-order valence-corrected chi connectivity index (χ1v) is 9.21. The zero-order valence-electron chi connectivity index (χ0n) is 15.4. The average molecular weight is 414 g/mol. The molecule has 1 aliphatic carbocycles. The maximum atomic E-state index is 13.8. The quantitative estimate of drug-likeness (QED) is 0.808. The largest absolute Gasteiger partial charge is 0.334 e. The maximum Gasteiger partial charge on any atom is 0.254 e. The van der Waals surface area contributed by atoms with Crippen LogP contribution in [0.5, 0.6) is 0 Å². The first-order chi connectivity index (χ1) is 12.0. The van der Waals surface area contributed by atoms with Gasteiger partial charge >= 0.3 is 0 Å². The van der Waals surface area contributed by atoms with E-state index in [0.29, 0.717) is 28.9 Å². The van der Waals surface area contributed by atoms with Crippen LogP contribution in [0.1, 0.15) is 61.0 Å². The molecule has 0 bridgehead atoms. The van der Waals surface area contributed by atoms with Gasteiger partial charge < -0.3 is 10.6 Å². The second-order valence-corrected chi connectivity index (χ2v) is 7.45. The molecule has 0 radical (unpaired) electrons. The lowest BCUT2D eigenvalue weighted by atomic mass is 9.95. The molecule has 0 spiro atoms. The van der Waals surface area contributed by atoms with E-state index in [1.54, 1.807) is 6.07 Å². The van der Waals surface area contributed by atoms with Crippen LogP contribution in [-0.2, 0) is 0 Å². The summed E-state index contributed by atoms with van der Waals surface area (Å²) in [6.45, 7) is 2.67. The molecule has 2 N–H and O–H groups in total. The van der Waals surface area contributed by atoms with Crippen LogP contribution in [-0.4, -0.2) is 34.4 Å². The van der Waals surface area contributed by atoms with Crippen LogP contribution in [0.15, 0.2) is 24.3 Å². The van der Waals surface area contributed by atoms with Gasteiger partial charge in [-0.1, -0.05) is 0 Å². The second kappa shape index (κ2) is 8.72. The minimum Gasteiger partial charge on any atom is -0.334 e. The molecule has 2 aliphatic rings. The van der Waals surface area contributed by atoms with Crippen molar-refractivity contribution >= 4 is 41.6 Å². The number of halogens is 3. The Labute approximate surface area is 171 Å². The molecule has 1 aromatic carbocycles. The van der Waals surface area contributed by atoms with Crippen molar-refractivity contribution in [2.75, 3.05) is 6.54 Å². The normalized spacial score (nSPS) is 20.6. The summed E-state index contributed by atoms with van der Waals surface area (Å²) in [5, 5.41) is 0.600. The molecule has 2 aromatic rings. The van der Waals surface area contributed by atoms with Gasteiger partial charge in [0.25, 0.3) is 5.91 Å². The Bertz CT molecular complexity index is 826. The number of nitrogens with zero attached hydrogens (tertiary/aromatic N) is 2. The molecule has 2 atom stereocenters. The van der Waals surface area contributed by atoms with E-state index in [1.165, 1.54) is 12.1 Å². The zero-order valence-corrected chi connectivity index (χ0v) is 17.0. The molecule has 1 aliphatic heterocycles. The fraction of sp³-hybridized carbons (Fsp3) is 0.500. The summed E-state index contributed by atoms with van der Waals surface area (Å²) in [7, 11) is 0. The van der Waals surface area contributed by atoms with E-state index in [2.05, 4.69) is 4.98 Å². The van der Waals surface area contributed by atoms with Crippen molar-refractivity contribution in [3.8, 4) is 0 Å². The third-order valence-electron chi connectivity index (χ3n) is 5.43. The molecular formula is C20H26Cl2FN3O. The second-order valence-electron chi connectivity index (χ2n) is 7.45. The van der Waals surface area contributed by atoms with Gasteiger partial charge in [0, 0.05) is 35.6 Å². The first kappa shape index (κ1) is 21.9. The van der Waals surface area contributed by atoms with E-state index < -0.39 is 0 Å². The Morgan fingerprint density at radius 1 is 1.22 bits per heavy atom. The summed E-state index contributed by atoms with van der Waals surface area (Å²) in [4.78, 5) is 19.9. The Balaban J connectivity index is 0.00000131. The number of rotatable bonds is 3. The molecule has 148 valence electrons. The number of piperidine rings is 1. The molecule has 7 heteroatoms. The number of amides is 1. The van der Waals surface area contributed by atoms with E-state index in [0.717, 1.165) is 37.8 Å². The number of carbonyl (C=O) groups excluding carboxylic acids is 1. The van der Waals surface area contributed by atoms with E-state index in [1.807, 2.05) is 17.9 Å². The third-order valence-corrected chi connectivity index (χ3v) is 5.43. The number of carbonyl (C=O) groups is 1. The summed E-state index contributed by atoms with van der Waals surface area (Å²) >= 11 is 0. The van der Waals surface area contributed by atoms with Crippen molar-refractivity contribution in [1.82, 2.24) is 9.88 Å². The van der Waals surface area contributed by atoms with E-state index in [9.17, 15) is 9.18 Å². The minimum atomic E-state index is -0.343. The van der Waals surface area contributed by atoms with Crippen LogP contribution in [0.4, 0.5) is 4.39 Å². The van der Waals surface area contributed by atoms with Crippen molar-refractivity contribution in [3.63, 3.8) is 0 Å². The first-order valence-electron chi connectivity index (χ1n) is 9.21. The topological polar surface area (TPSA) is 59.2 Å². The third kappa shape index (κ3) is 4.36. The fourth-order valence-electron chi connectivity index (χ4n) is 3.89. The van der Waals surface area contributed by atoms with Gasteiger partial charge in [0.15, 0.2) is 0 Å². The van der Waals surface area contributed by atoms with Gasteiger partial charge in [0.1, 0.15) is 5.82 Å². The van der Waals surface area contributed by atoms with E-state index in [4.69, 9.17) is 5.73 Å². The van der Waals surface area contributed by atoms with Gasteiger partial charge in [-0.05, 0) is 63.3 Å². The van der Waals surface area contributed by atoms with Crippen LogP contribution < -0.4 is 5.73 Å². The van der Waals surface area contributed by atoms with Crippen molar-refractivity contribution in [1.29, 1.82) is 0 Å². The molecule has 1 aromatic heterocycles. The molecular weight excluding hydrogens is 388 g/mol. The van der Waals surface area contributed by atoms with Crippen molar-refractivity contribution in [2.45, 2.75) is 57.0 Å². The van der Waals surface area contributed by atoms with E-state index in [-0.39, 0.29) is 48.6 Å². The van der Waals surface area contributed by atoms with Gasteiger partial charge in [-0.15, -0.1) is 24.8 Å². The van der Waals surface area contributed by atoms with Gasteiger partial charge in [0.2, 0.25) is 0 Å². The fourth-order valence-corrected chi connectivity index (χ4v) is 3.89. The van der Waals surface area contributed by atoms with Crippen LogP contribution in [0.2, 0.25) is 0 Å². The molecule has 2 heterocycles. The Kier molecular flexibility index (Phi) is 7.06. The Hall–Kier alpha value is -1.43. The SMILES string of the molecule is CC(N)C1CCCCN1C(=O)c1cc(C2CC2)nc2ccc(F)cc12.Cl.Cl. The highest BCUT2D eigenvalue weighted by atomic mass is 35.5. The summed E-state index contributed by atoms with van der Waals surface area (Å²) in [5.74, 6) is 0.0541. The highest BCUT2D eigenvalue weighted by Crippen LogP contribution is 2.40. The van der Waals surface area contributed by atoms with Crippen LogP contribution >= 0.6 is 24.8 Å². The lowest BCUT2D eigenvalue weighted by molar-refractivity contribution is 0.0585. The monoisotopic (exact) mass is 413 g/mol. The standard InChI is InChI=1S/C20H24FN3O.2ClH/c1-12(22)19-4-2-3-9-24(19)20(25)16-11-18(13-5-6-13)23-17-8-7-14(21)10-15(16)17;;/h7-8,10-13,19H,2-6,9,22H2,1H3;2*1H. The lowest BCUT2D eigenvalue weighted by Gasteiger charge is -2.38. The predicted octanol–water partition coefficient (Wildman–Crippen LogP) is 4.44. The van der Waals surface area contributed by atoms with Gasteiger partial charge in [-0.25, -0.2) is 4.39 Å². The smallest absolute Gasteiger partial charge is 0.254 e. The molecule has 1 saturated heterocycles. The number of likely N-dealkylation sites (tertiary alicyclic amines) is 1. The van der Waals surface area contributed by atoms with Gasteiger partial charge in [0.05, 0.1) is 11.1 Å². The molecule has 1 amide bonds. The molecule has 2 unspecified atom stereocenters. The van der Waals surface area contributed by atoms with Crippen molar-refractivity contribution in [2.24, 2.45) is 5.73 Å². The number of pyridine rings is 1. The molecule has 4 rings (SSSR count). The van der Waals surface area contributed by atoms with E-state index >= 15 is 0 Å². The number of nitrogens with two attached hydrogens (primary N) is 1. The van der Waals surface area contributed by atoms with Crippen LogP contribution in [0, 0.1) is 5.82 Å². The Morgan fingerprint density at radius 2 is 1.96 bits per heavy atom. The summed E-state index contributed by atoms with van der Waals surface area (Å²) in [6.07, 6.45) is 5.23. The molecule has 1 saturated carbocycles. The molecule has 27 heavy (non-hydrogen) atoms. The Morgan fingerprint density at radius 3 is 2.63 bits per heavy atom. The predicted molar refractivity (Wildman–Crippen MR) is 110 cm³/mol.